The van der Waals surface area contributed by atoms with E-state index >= 15 is 0 Å². The summed E-state index contributed by atoms with van der Waals surface area (Å²) in [6.07, 6.45) is 1.14. The molecule has 1 heterocycles. The van der Waals surface area contributed by atoms with Crippen molar-refractivity contribution < 1.29 is 14.3 Å². The number of hydrogen-bond donors (Lipinski definition) is 0. The van der Waals surface area contributed by atoms with Gasteiger partial charge >= 0.3 is 0 Å². The van der Waals surface area contributed by atoms with Crippen molar-refractivity contribution in [3.8, 4) is 5.75 Å². The first-order chi connectivity index (χ1) is 13.5. The van der Waals surface area contributed by atoms with Gasteiger partial charge in [-0.2, -0.15) is 0 Å². The molecule has 0 saturated carbocycles. The molecule has 2 aromatic rings. The van der Waals surface area contributed by atoms with Gasteiger partial charge in [0.25, 0.3) is 5.91 Å². The third-order valence-electron chi connectivity index (χ3n) is 5.33. The Morgan fingerprint density at radius 3 is 2.61 bits per heavy atom. The van der Waals surface area contributed by atoms with Gasteiger partial charge in [-0.15, -0.1) is 0 Å². The minimum Gasteiger partial charge on any atom is -0.496 e. The van der Waals surface area contributed by atoms with E-state index in [9.17, 15) is 9.59 Å². The number of hydrogen-bond acceptors (Lipinski definition) is 3. The van der Waals surface area contributed by atoms with Gasteiger partial charge in [-0.05, 0) is 36.6 Å². The molecule has 148 valence electrons. The molecule has 3 rings (SSSR count). The molecule has 1 aliphatic heterocycles. The predicted octanol–water partition coefficient (Wildman–Crippen LogP) is 3.66. The summed E-state index contributed by atoms with van der Waals surface area (Å²) in [5, 5.41) is 0. The summed E-state index contributed by atoms with van der Waals surface area (Å²) in [4.78, 5) is 29.7. The number of methoxy groups -OCH3 is 1. The second-order valence-electron chi connectivity index (χ2n) is 7.27. The zero-order chi connectivity index (χ0) is 20.1. The molecule has 0 N–H and O–H groups in total. The van der Waals surface area contributed by atoms with Crippen LogP contribution in [0.5, 0.6) is 5.75 Å². The van der Waals surface area contributed by atoms with Crippen molar-refractivity contribution >= 4 is 11.8 Å². The number of carbonyl (C=O) groups excluding carboxylic acids is 2. The van der Waals surface area contributed by atoms with E-state index in [4.69, 9.17) is 4.74 Å². The average Bonchev–Trinajstić information content (AvgIpc) is 2.87. The summed E-state index contributed by atoms with van der Waals surface area (Å²) in [6.45, 7) is 5.57. The van der Waals surface area contributed by atoms with Crippen molar-refractivity contribution in [3.63, 3.8) is 0 Å². The Bertz CT molecular complexity index is 835. The summed E-state index contributed by atoms with van der Waals surface area (Å²) in [6, 6.07) is 15.6. The van der Waals surface area contributed by atoms with Crippen LogP contribution in [0, 0.1) is 6.92 Å². The van der Waals surface area contributed by atoms with Gasteiger partial charge in [0.05, 0.1) is 12.7 Å². The first-order valence-electron chi connectivity index (χ1n) is 9.80. The predicted molar refractivity (Wildman–Crippen MR) is 109 cm³/mol. The second-order valence-corrected chi connectivity index (χ2v) is 7.27. The van der Waals surface area contributed by atoms with Gasteiger partial charge in [0.2, 0.25) is 5.91 Å². The van der Waals surface area contributed by atoms with E-state index in [-0.39, 0.29) is 17.9 Å². The lowest BCUT2D eigenvalue weighted by molar-refractivity contribution is -0.133. The van der Waals surface area contributed by atoms with E-state index in [0.29, 0.717) is 37.4 Å². The lowest BCUT2D eigenvalue weighted by Gasteiger charge is -2.31. The fraction of sp³-hybridized carbons (Fsp3) is 0.391. The van der Waals surface area contributed by atoms with Gasteiger partial charge < -0.3 is 14.5 Å². The van der Waals surface area contributed by atoms with Crippen molar-refractivity contribution in [1.82, 2.24) is 9.80 Å². The maximum absolute atomic E-state index is 13.2. The first-order valence-corrected chi connectivity index (χ1v) is 9.80. The Labute approximate surface area is 166 Å². The highest BCUT2D eigenvalue weighted by atomic mass is 16.5. The highest BCUT2D eigenvalue weighted by molar-refractivity contribution is 5.97. The Kier molecular flexibility index (Phi) is 6.34. The molecule has 1 saturated heterocycles. The molecule has 1 atom stereocenters. The van der Waals surface area contributed by atoms with Crippen LogP contribution in [0.3, 0.4) is 0 Å². The number of ether oxygens (including phenoxy) is 1. The van der Waals surface area contributed by atoms with Gasteiger partial charge in [0.15, 0.2) is 0 Å². The van der Waals surface area contributed by atoms with Crippen LogP contribution in [0.15, 0.2) is 48.5 Å². The van der Waals surface area contributed by atoms with E-state index in [1.807, 2.05) is 60.4 Å². The van der Waals surface area contributed by atoms with Crippen molar-refractivity contribution in [2.45, 2.75) is 39.3 Å². The molecule has 0 unspecified atom stereocenters. The second kappa shape index (κ2) is 8.91. The molecular weight excluding hydrogens is 352 g/mol. The number of nitrogens with zero attached hydrogens (tertiary/aromatic N) is 2. The van der Waals surface area contributed by atoms with Crippen LogP contribution in [-0.4, -0.2) is 47.9 Å². The largest absolute Gasteiger partial charge is 0.496 e. The molecule has 28 heavy (non-hydrogen) atoms. The standard InChI is InChI=1S/C23H28N2O3/c1-4-19-16-24(23(27)20-11-10-17(2)14-21(20)28-3)13-12-22(26)25(19)15-18-8-6-5-7-9-18/h5-11,14,19H,4,12-13,15-16H2,1-3H3/t19-/m1/s1. The third kappa shape index (κ3) is 4.35. The van der Waals surface area contributed by atoms with Gasteiger partial charge in [0.1, 0.15) is 5.75 Å². The molecule has 1 aliphatic rings. The third-order valence-corrected chi connectivity index (χ3v) is 5.33. The molecule has 2 amide bonds. The van der Waals surface area contributed by atoms with Crippen LogP contribution in [0.25, 0.3) is 0 Å². The molecule has 0 radical (unpaired) electrons. The molecule has 2 aromatic carbocycles. The van der Waals surface area contributed by atoms with Gasteiger partial charge in [-0.25, -0.2) is 0 Å². The SMILES string of the molecule is CC[C@@H]1CN(C(=O)c2ccc(C)cc2OC)CCC(=O)N1Cc1ccccc1. The monoisotopic (exact) mass is 380 g/mol. The molecule has 1 fully saturated rings. The minimum absolute atomic E-state index is 0.00407. The quantitative estimate of drug-likeness (QED) is 0.795. The Balaban J connectivity index is 1.82. The van der Waals surface area contributed by atoms with E-state index < -0.39 is 0 Å². The van der Waals surface area contributed by atoms with Crippen LogP contribution < -0.4 is 4.74 Å². The summed E-state index contributed by atoms with van der Waals surface area (Å²) < 4.78 is 5.42. The average molecular weight is 380 g/mol. The van der Waals surface area contributed by atoms with Crippen LogP contribution in [-0.2, 0) is 11.3 Å². The van der Waals surface area contributed by atoms with Crippen molar-refractivity contribution in [2.75, 3.05) is 20.2 Å². The number of carbonyl (C=O) groups is 2. The van der Waals surface area contributed by atoms with E-state index in [1.54, 1.807) is 12.0 Å². The van der Waals surface area contributed by atoms with Crippen molar-refractivity contribution in [2.24, 2.45) is 0 Å². The summed E-state index contributed by atoms with van der Waals surface area (Å²) >= 11 is 0. The lowest BCUT2D eigenvalue weighted by Crippen LogP contribution is -2.43. The minimum atomic E-state index is -0.0790. The lowest BCUT2D eigenvalue weighted by atomic mass is 10.1. The Hall–Kier alpha value is -2.82. The zero-order valence-electron chi connectivity index (χ0n) is 16.9. The summed E-state index contributed by atoms with van der Waals surface area (Å²) in [5.74, 6) is 0.598. The maximum atomic E-state index is 13.2. The van der Waals surface area contributed by atoms with Gasteiger partial charge in [0, 0.05) is 32.1 Å². The van der Waals surface area contributed by atoms with Crippen molar-refractivity contribution in [1.29, 1.82) is 0 Å². The molecule has 0 spiro atoms. The summed E-state index contributed by atoms with van der Waals surface area (Å²) in [7, 11) is 1.58. The van der Waals surface area contributed by atoms with Crippen LogP contribution >= 0.6 is 0 Å². The Morgan fingerprint density at radius 2 is 1.93 bits per heavy atom. The highest BCUT2D eigenvalue weighted by Gasteiger charge is 2.31. The zero-order valence-corrected chi connectivity index (χ0v) is 16.9. The van der Waals surface area contributed by atoms with Crippen LogP contribution in [0.4, 0.5) is 0 Å². The highest BCUT2D eigenvalue weighted by Crippen LogP contribution is 2.24. The van der Waals surface area contributed by atoms with Gasteiger partial charge in [-0.3, -0.25) is 9.59 Å². The molecule has 0 aliphatic carbocycles. The molecule has 0 bridgehead atoms. The topological polar surface area (TPSA) is 49.9 Å². The Morgan fingerprint density at radius 1 is 1.18 bits per heavy atom. The fourth-order valence-electron chi connectivity index (χ4n) is 3.70. The fourth-order valence-corrected chi connectivity index (χ4v) is 3.70. The number of benzene rings is 2. The van der Waals surface area contributed by atoms with E-state index in [2.05, 4.69) is 6.92 Å². The number of rotatable bonds is 5. The van der Waals surface area contributed by atoms with E-state index in [0.717, 1.165) is 17.5 Å². The summed E-state index contributed by atoms with van der Waals surface area (Å²) in [5.41, 5.74) is 2.70. The smallest absolute Gasteiger partial charge is 0.257 e. The maximum Gasteiger partial charge on any atom is 0.257 e. The normalized spacial score (nSPS) is 17.4. The molecule has 5 nitrogen and oxygen atoms in total. The van der Waals surface area contributed by atoms with E-state index in [1.165, 1.54) is 0 Å². The van der Waals surface area contributed by atoms with Crippen molar-refractivity contribution in [3.05, 3.63) is 65.2 Å². The van der Waals surface area contributed by atoms with Crippen LogP contribution in [0.1, 0.15) is 41.3 Å². The van der Waals surface area contributed by atoms with Crippen LogP contribution in [0.2, 0.25) is 0 Å². The number of aryl methyl sites for hydroxylation is 1. The molecule has 0 aromatic heterocycles. The van der Waals surface area contributed by atoms with Gasteiger partial charge in [-0.1, -0.05) is 43.3 Å². The first kappa shape index (κ1) is 19.9. The molecular formula is C23H28N2O3. The molecule has 5 heteroatoms. The number of amides is 2.